The van der Waals surface area contributed by atoms with Crippen LogP contribution < -0.4 is 14.8 Å². The van der Waals surface area contributed by atoms with Crippen molar-refractivity contribution >= 4 is 0 Å². The van der Waals surface area contributed by atoms with Gasteiger partial charge in [-0.25, -0.2) is 0 Å². The van der Waals surface area contributed by atoms with E-state index in [9.17, 15) is 0 Å². The van der Waals surface area contributed by atoms with E-state index in [0.717, 1.165) is 36.7 Å². The van der Waals surface area contributed by atoms with Crippen molar-refractivity contribution in [1.82, 2.24) is 10.2 Å². The number of benzene rings is 2. The van der Waals surface area contributed by atoms with Crippen LogP contribution in [0.15, 0.2) is 48.5 Å². The molecule has 2 aromatic rings. The van der Waals surface area contributed by atoms with Crippen LogP contribution in [0.1, 0.15) is 64.5 Å². The molecule has 0 spiro atoms. The van der Waals surface area contributed by atoms with Crippen molar-refractivity contribution in [1.29, 1.82) is 0 Å². The third-order valence-corrected chi connectivity index (χ3v) is 5.05. The van der Waals surface area contributed by atoms with Crippen LogP contribution in [-0.2, 0) is 13.2 Å². The minimum absolute atomic E-state index is 0.542. The summed E-state index contributed by atoms with van der Waals surface area (Å²) in [6.07, 6.45) is 5.08. The number of nitrogens with one attached hydrogen (secondary N) is 1. The van der Waals surface area contributed by atoms with Crippen molar-refractivity contribution < 1.29 is 9.47 Å². The summed E-state index contributed by atoms with van der Waals surface area (Å²) < 4.78 is 11.5. The number of nitrogens with zero attached hydrogens (tertiary/aromatic N) is 1. The second-order valence-electron chi connectivity index (χ2n) is 7.49. The van der Waals surface area contributed by atoms with E-state index in [1.165, 1.54) is 44.3 Å². The molecule has 0 aliphatic carbocycles. The van der Waals surface area contributed by atoms with Gasteiger partial charge in [0.15, 0.2) is 11.5 Å². The Morgan fingerprint density at radius 3 is 2.10 bits per heavy atom. The molecular weight excluding hydrogens is 384 g/mol. The van der Waals surface area contributed by atoms with Crippen LogP contribution in [0.2, 0.25) is 0 Å². The van der Waals surface area contributed by atoms with Gasteiger partial charge >= 0.3 is 0 Å². The second kappa shape index (κ2) is 17.6. The number of rotatable bonds is 15. The quantitative estimate of drug-likeness (QED) is 0.338. The Hall–Kier alpha value is -2.04. The standard InChI is InChI=1S/C25H38N2O2.C2H6/c1-4-6-16-27(17-7-5-2)18-15-26-20-23-13-14-24(25(19-23)28-3)29-21-22-11-9-8-10-12-22;1-2/h8-14,19,26H,4-7,15-18,20-21H2,1-3H3;1-2H3. The first-order valence-corrected chi connectivity index (χ1v) is 12.0. The smallest absolute Gasteiger partial charge is 0.161 e. The highest BCUT2D eigenvalue weighted by Gasteiger charge is 2.07. The molecule has 0 amide bonds. The van der Waals surface area contributed by atoms with Crippen molar-refractivity contribution in [2.75, 3.05) is 33.3 Å². The van der Waals surface area contributed by atoms with Gasteiger partial charge in [-0.2, -0.15) is 0 Å². The van der Waals surface area contributed by atoms with E-state index in [1.807, 2.05) is 38.1 Å². The Morgan fingerprint density at radius 2 is 1.48 bits per heavy atom. The summed E-state index contributed by atoms with van der Waals surface area (Å²) in [4.78, 5) is 2.58. The summed E-state index contributed by atoms with van der Waals surface area (Å²) in [5, 5.41) is 3.58. The van der Waals surface area contributed by atoms with E-state index < -0.39 is 0 Å². The monoisotopic (exact) mass is 428 g/mol. The summed E-state index contributed by atoms with van der Waals surface area (Å²) in [5.74, 6) is 1.57. The van der Waals surface area contributed by atoms with Crippen LogP contribution in [0.25, 0.3) is 0 Å². The minimum Gasteiger partial charge on any atom is -0.493 e. The highest BCUT2D eigenvalue weighted by Crippen LogP contribution is 2.28. The molecule has 0 radical (unpaired) electrons. The maximum atomic E-state index is 5.95. The van der Waals surface area contributed by atoms with Gasteiger partial charge in [0.1, 0.15) is 6.61 Å². The van der Waals surface area contributed by atoms with E-state index in [-0.39, 0.29) is 0 Å². The summed E-state index contributed by atoms with van der Waals surface area (Å²) >= 11 is 0. The second-order valence-corrected chi connectivity index (χ2v) is 7.49. The molecular formula is C27H44N2O2. The zero-order valence-electron chi connectivity index (χ0n) is 20.5. The van der Waals surface area contributed by atoms with Gasteiger partial charge in [0.2, 0.25) is 0 Å². The van der Waals surface area contributed by atoms with E-state index >= 15 is 0 Å². The highest BCUT2D eigenvalue weighted by atomic mass is 16.5. The van der Waals surface area contributed by atoms with Gasteiger partial charge in [-0.1, -0.05) is 76.9 Å². The van der Waals surface area contributed by atoms with E-state index in [0.29, 0.717) is 6.61 Å². The Bertz CT molecular complexity index is 668. The van der Waals surface area contributed by atoms with Crippen LogP contribution in [0.5, 0.6) is 11.5 Å². The zero-order chi connectivity index (χ0) is 22.7. The van der Waals surface area contributed by atoms with E-state index in [1.54, 1.807) is 7.11 Å². The van der Waals surface area contributed by atoms with Gasteiger partial charge in [-0.05, 0) is 49.2 Å². The summed E-state index contributed by atoms with van der Waals surface area (Å²) in [6.45, 7) is 14.4. The largest absolute Gasteiger partial charge is 0.493 e. The van der Waals surface area contributed by atoms with Gasteiger partial charge in [-0.3, -0.25) is 0 Å². The minimum atomic E-state index is 0.542. The molecule has 0 heterocycles. The molecule has 0 aromatic heterocycles. The summed E-state index contributed by atoms with van der Waals surface area (Å²) in [7, 11) is 1.70. The molecule has 2 aromatic carbocycles. The lowest BCUT2D eigenvalue weighted by Crippen LogP contribution is -2.33. The molecule has 0 unspecified atom stereocenters. The van der Waals surface area contributed by atoms with Gasteiger partial charge in [0.25, 0.3) is 0 Å². The predicted octanol–water partition coefficient (Wildman–Crippen LogP) is 6.29. The Morgan fingerprint density at radius 1 is 0.806 bits per heavy atom. The third-order valence-electron chi connectivity index (χ3n) is 5.05. The molecule has 0 bridgehead atoms. The molecule has 0 fully saturated rings. The SMILES string of the molecule is CC.CCCCN(CCCC)CCNCc1ccc(OCc2ccccc2)c(OC)c1. The van der Waals surface area contributed by atoms with Crippen LogP contribution in [-0.4, -0.2) is 38.2 Å². The lowest BCUT2D eigenvalue weighted by atomic mass is 10.2. The first-order valence-electron chi connectivity index (χ1n) is 12.0. The number of methoxy groups -OCH3 is 1. The van der Waals surface area contributed by atoms with Crippen LogP contribution in [0.3, 0.4) is 0 Å². The average molecular weight is 429 g/mol. The number of unbranched alkanes of at least 4 members (excludes halogenated alkanes) is 2. The molecule has 0 aliphatic heterocycles. The lowest BCUT2D eigenvalue weighted by Gasteiger charge is -2.22. The fourth-order valence-corrected chi connectivity index (χ4v) is 3.25. The predicted molar refractivity (Wildman–Crippen MR) is 133 cm³/mol. The van der Waals surface area contributed by atoms with Gasteiger partial charge in [0.05, 0.1) is 7.11 Å². The molecule has 0 atom stereocenters. The van der Waals surface area contributed by atoms with Crippen molar-refractivity contribution in [3.63, 3.8) is 0 Å². The molecule has 4 heteroatoms. The van der Waals surface area contributed by atoms with Crippen molar-refractivity contribution in [3.8, 4) is 11.5 Å². The summed E-state index contributed by atoms with van der Waals surface area (Å²) in [5.41, 5.74) is 2.36. The maximum Gasteiger partial charge on any atom is 0.161 e. The van der Waals surface area contributed by atoms with Gasteiger partial charge < -0.3 is 19.7 Å². The normalized spacial score (nSPS) is 10.5. The first-order chi connectivity index (χ1) is 15.3. The average Bonchev–Trinajstić information content (AvgIpc) is 2.83. The van der Waals surface area contributed by atoms with Crippen LogP contribution >= 0.6 is 0 Å². The zero-order valence-corrected chi connectivity index (χ0v) is 20.5. The van der Waals surface area contributed by atoms with Crippen LogP contribution in [0, 0.1) is 0 Å². The molecule has 4 nitrogen and oxygen atoms in total. The van der Waals surface area contributed by atoms with Gasteiger partial charge in [-0.15, -0.1) is 0 Å². The topological polar surface area (TPSA) is 33.7 Å². The molecule has 1 N–H and O–H groups in total. The van der Waals surface area contributed by atoms with Crippen molar-refractivity contribution in [2.24, 2.45) is 0 Å². The Balaban J connectivity index is 0.00000233. The molecule has 0 saturated heterocycles. The number of ether oxygens (including phenoxy) is 2. The molecule has 174 valence electrons. The molecule has 0 saturated carbocycles. The third kappa shape index (κ3) is 11.2. The fourth-order valence-electron chi connectivity index (χ4n) is 3.25. The Labute approximate surface area is 191 Å². The highest BCUT2D eigenvalue weighted by molar-refractivity contribution is 5.43. The molecule has 2 rings (SSSR count). The number of hydrogen-bond donors (Lipinski definition) is 1. The summed E-state index contributed by atoms with van der Waals surface area (Å²) in [6, 6.07) is 16.4. The van der Waals surface area contributed by atoms with E-state index in [2.05, 4.69) is 48.3 Å². The Kier molecular flexibility index (Phi) is 15.3. The fraction of sp³-hybridized carbons (Fsp3) is 0.556. The van der Waals surface area contributed by atoms with Crippen molar-refractivity contribution in [3.05, 3.63) is 59.7 Å². The molecule has 31 heavy (non-hydrogen) atoms. The van der Waals surface area contributed by atoms with E-state index in [4.69, 9.17) is 9.47 Å². The van der Waals surface area contributed by atoms with Gasteiger partial charge in [0, 0.05) is 19.6 Å². The maximum absolute atomic E-state index is 5.95. The van der Waals surface area contributed by atoms with Crippen LogP contribution in [0.4, 0.5) is 0 Å². The first kappa shape index (κ1) is 27.0. The van der Waals surface area contributed by atoms with Crippen molar-refractivity contribution in [2.45, 2.75) is 66.5 Å². The molecule has 0 aliphatic rings. The number of hydrogen-bond acceptors (Lipinski definition) is 4. The lowest BCUT2D eigenvalue weighted by molar-refractivity contribution is 0.264.